The molecule has 1 aromatic rings. The molecule has 2 nitrogen and oxygen atoms in total. The lowest BCUT2D eigenvalue weighted by Crippen LogP contribution is -2.00. The van der Waals surface area contributed by atoms with E-state index in [1.165, 1.54) is 0 Å². The van der Waals surface area contributed by atoms with E-state index in [1.54, 1.807) is 11.8 Å². The third-order valence-electron chi connectivity index (χ3n) is 2.55. The molecule has 0 unspecified atom stereocenters. The van der Waals surface area contributed by atoms with Crippen molar-refractivity contribution >= 4 is 17.5 Å². The van der Waals surface area contributed by atoms with Gasteiger partial charge in [0.15, 0.2) is 5.78 Å². The first-order chi connectivity index (χ1) is 7.31. The van der Waals surface area contributed by atoms with Crippen molar-refractivity contribution in [1.82, 2.24) is 0 Å². The molecule has 0 amide bonds. The average Bonchev–Trinajstić information content (AvgIpc) is 2.61. The van der Waals surface area contributed by atoms with Gasteiger partial charge < -0.3 is 4.74 Å². The number of hydrogen-bond donors (Lipinski definition) is 0. The van der Waals surface area contributed by atoms with Crippen molar-refractivity contribution in [2.75, 3.05) is 18.6 Å². The zero-order valence-corrected chi connectivity index (χ0v) is 9.60. The van der Waals surface area contributed by atoms with Gasteiger partial charge in [-0.25, -0.2) is 0 Å². The maximum absolute atomic E-state index is 11.4. The molecule has 0 bridgehead atoms. The van der Waals surface area contributed by atoms with E-state index in [-0.39, 0.29) is 5.78 Å². The van der Waals surface area contributed by atoms with Crippen molar-refractivity contribution in [2.45, 2.75) is 12.8 Å². The van der Waals surface area contributed by atoms with Crippen LogP contribution in [0, 0.1) is 0 Å². The number of ketones is 1. The van der Waals surface area contributed by atoms with Crippen LogP contribution in [-0.4, -0.2) is 24.4 Å². The maximum atomic E-state index is 11.4. The van der Waals surface area contributed by atoms with Gasteiger partial charge in [-0.3, -0.25) is 4.79 Å². The Morgan fingerprint density at radius 1 is 1.40 bits per heavy atom. The number of aryl methyl sites for hydroxylation is 1. The molecule has 15 heavy (non-hydrogen) atoms. The van der Waals surface area contributed by atoms with Crippen LogP contribution in [0.2, 0.25) is 0 Å². The number of thioether (sulfide) groups is 1. The second-order valence-corrected chi connectivity index (χ2v) is 4.57. The first kappa shape index (κ1) is 10.6. The summed E-state index contributed by atoms with van der Waals surface area (Å²) in [6.45, 7) is 0.730. The fourth-order valence-electron chi connectivity index (χ4n) is 1.76. The Kier molecular flexibility index (Phi) is 3.31. The molecule has 2 rings (SSSR count). The zero-order valence-electron chi connectivity index (χ0n) is 8.79. The van der Waals surface area contributed by atoms with Crippen molar-refractivity contribution in [3.05, 3.63) is 29.3 Å². The second-order valence-electron chi connectivity index (χ2n) is 3.58. The van der Waals surface area contributed by atoms with Crippen LogP contribution in [0.25, 0.3) is 0 Å². The molecule has 0 saturated carbocycles. The summed E-state index contributed by atoms with van der Waals surface area (Å²) in [5.74, 6) is 2.15. The summed E-state index contributed by atoms with van der Waals surface area (Å²) < 4.78 is 5.57. The highest BCUT2D eigenvalue weighted by molar-refractivity contribution is 7.98. The van der Waals surface area contributed by atoms with E-state index < -0.39 is 0 Å². The predicted octanol–water partition coefficient (Wildman–Crippen LogP) is 2.56. The molecule has 0 radical (unpaired) electrons. The summed E-state index contributed by atoms with van der Waals surface area (Å²) in [6.07, 6.45) is 3.59. The Bertz CT molecular complexity index is 374. The van der Waals surface area contributed by atoms with Gasteiger partial charge >= 0.3 is 0 Å². The highest BCUT2D eigenvalue weighted by Gasteiger charge is 2.19. The molecule has 0 aliphatic heterocycles. The van der Waals surface area contributed by atoms with Crippen LogP contribution < -0.4 is 4.74 Å². The van der Waals surface area contributed by atoms with E-state index in [1.807, 2.05) is 18.2 Å². The molecule has 0 atom stereocenters. The van der Waals surface area contributed by atoms with Crippen molar-refractivity contribution in [3.63, 3.8) is 0 Å². The quantitative estimate of drug-likeness (QED) is 0.732. The Balaban J connectivity index is 2.06. The Morgan fingerprint density at radius 3 is 3.07 bits per heavy atom. The first-order valence-corrected chi connectivity index (χ1v) is 6.48. The second kappa shape index (κ2) is 4.71. The van der Waals surface area contributed by atoms with Crippen LogP contribution in [0.3, 0.4) is 0 Å². The van der Waals surface area contributed by atoms with E-state index in [4.69, 9.17) is 4.74 Å². The molecular formula is C12H14O2S. The number of benzene rings is 1. The van der Waals surface area contributed by atoms with Gasteiger partial charge in [-0.05, 0) is 36.4 Å². The minimum absolute atomic E-state index is 0.265. The average molecular weight is 222 g/mol. The molecule has 1 aliphatic carbocycles. The number of carbonyl (C=O) groups is 1. The maximum Gasteiger partial charge on any atom is 0.163 e. The van der Waals surface area contributed by atoms with Gasteiger partial charge in [0.05, 0.1) is 6.61 Å². The normalized spacial score (nSPS) is 14.1. The molecule has 1 aromatic carbocycles. The van der Waals surface area contributed by atoms with Gasteiger partial charge in [0.1, 0.15) is 5.75 Å². The lowest BCUT2D eigenvalue weighted by atomic mass is 10.1. The Morgan fingerprint density at radius 2 is 2.27 bits per heavy atom. The number of Topliss-reactive ketones (excluding diaryl/α,β-unsaturated/α-hetero) is 1. The largest absolute Gasteiger partial charge is 0.493 e. The van der Waals surface area contributed by atoms with Crippen molar-refractivity contribution in [1.29, 1.82) is 0 Å². The highest BCUT2D eigenvalue weighted by Crippen LogP contribution is 2.26. The molecule has 0 fully saturated rings. The molecule has 0 aromatic heterocycles. The lowest BCUT2D eigenvalue weighted by molar-refractivity contribution is 0.0994. The van der Waals surface area contributed by atoms with Crippen molar-refractivity contribution in [2.24, 2.45) is 0 Å². The topological polar surface area (TPSA) is 26.3 Å². The van der Waals surface area contributed by atoms with Gasteiger partial charge in [-0.1, -0.05) is 0 Å². The minimum Gasteiger partial charge on any atom is -0.493 e. The number of ether oxygens (including phenoxy) is 1. The number of fused-ring (bicyclic) bond motifs is 1. The summed E-state index contributed by atoms with van der Waals surface area (Å²) in [5.41, 5.74) is 2.02. The summed E-state index contributed by atoms with van der Waals surface area (Å²) in [5, 5.41) is 0. The molecule has 0 N–H and O–H groups in total. The monoisotopic (exact) mass is 222 g/mol. The van der Waals surface area contributed by atoms with E-state index in [0.29, 0.717) is 6.42 Å². The van der Waals surface area contributed by atoms with Crippen LogP contribution in [0.15, 0.2) is 18.2 Å². The molecular weight excluding hydrogens is 208 g/mol. The summed E-state index contributed by atoms with van der Waals surface area (Å²) in [7, 11) is 0. The number of hydrogen-bond acceptors (Lipinski definition) is 3. The SMILES string of the molecule is CSCCOc1ccc2c(c1)CCC2=O. The fourth-order valence-corrected chi connectivity index (χ4v) is 2.01. The molecule has 3 heteroatoms. The molecule has 1 aliphatic rings. The van der Waals surface area contributed by atoms with Crippen molar-refractivity contribution in [3.8, 4) is 5.75 Å². The van der Waals surface area contributed by atoms with Crippen LogP contribution >= 0.6 is 11.8 Å². The number of rotatable bonds is 4. The van der Waals surface area contributed by atoms with Gasteiger partial charge in [0, 0.05) is 17.7 Å². The predicted molar refractivity (Wildman–Crippen MR) is 63.0 cm³/mol. The van der Waals surface area contributed by atoms with Crippen LogP contribution in [0.4, 0.5) is 0 Å². The van der Waals surface area contributed by atoms with Gasteiger partial charge in [-0.2, -0.15) is 11.8 Å². The van der Waals surface area contributed by atoms with Gasteiger partial charge in [0.2, 0.25) is 0 Å². The van der Waals surface area contributed by atoms with E-state index in [0.717, 1.165) is 35.7 Å². The van der Waals surface area contributed by atoms with Crippen LogP contribution in [-0.2, 0) is 6.42 Å². The van der Waals surface area contributed by atoms with E-state index in [9.17, 15) is 4.79 Å². The lowest BCUT2D eigenvalue weighted by Gasteiger charge is -2.06. The third-order valence-corrected chi connectivity index (χ3v) is 3.13. The van der Waals surface area contributed by atoms with Crippen LogP contribution in [0.5, 0.6) is 5.75 Å². The highest BCUT2D eigenvalue weighted by atomic mass is 32.2. The Hall–Kier alpha value is -0.960. The fraction of sp³-hybridized carbons (Fsp3) is 0.417. The summed E-state index contributed by atoms with van der Waals surface area (Å²) >= 11 is 1.77. The van der Waals surface area contributed by atoms with Crippen LogP contribution in [0.1, 0.15) is 22.3 Å². The third kappa shape index (κ3) is 2.34. The number of carbonyl (C=O) groups excluding carboxylic acids is 1. The molecule has 0 saturated heterocycles. The molecule has 0 heterocycles. The smallest absolute Gasteiger partial charge is 0.163 e. The summed E-state index contributed by atoms with van der Waals surface area (Å²) in [4.78, 5) is 11.4. The standard InChI is InChI=1S/C12H14O2S/c1-15-7-6-14-10-3-4-11-9(8-10)2-5-12(11)13/h3-4,8H,2,5-7H2,1H3. The summed E-state index contributed by atoms with van der Waals surface area (Å²) in [6, 6.07) is 5.78. The van der Waals surface area contributed by atoms with Gasteiger partial charge in [0.25, 0.3) is 0 Å². The first-order valence-electron chi connectivity index (χ1n) is 5.09. The van der Waals surface area contributed by atoms with Gasteiger partial charge in [-0.15, -0.1) is 0 Å². The van der Waals surface area contributed by atoms with E-state index >= 15 is 0 Å². The van der Waals surface area contributed by atoms with E-state index in [2.05, 4.69) is 6.26 Å². The minimum atomic E-state index is 0.265. The molecule has 0 spiro atoms. The molecule has 80 valence electrons. The zero-order chi connectivity index (χ0) is 10.7. The Labute approximate surface area is 94.0 Å². The van der Waals surface area contributed by atoms with Crippen molar-refractivity contribution < 1.29 is 9.53 Å².